The Morgan fingerprint density at radius 2 is 1.24 bits per heavy atom. The van der Waals surface area contributed by atoms with Gasteiger partial charge >= 0.3 is 0 Å². The van der Waals surface area contributed by atoms with Crippen molar-refractivity contribution in [3.05, 3.63) is 59.7 Å². The molecular formula is C53H85N11O8. The molecule has 19 heteroatoms. The average molecular weight is 1000 g/mol. The molecule has 8 rings (SSSR count). The SMILES string of the molecule is C1CCOC1.C1CCOC1.CC.CNCC(O)COc1cccc(-c2nc(N)c(C)c(N3CCCC3COC)n2)c1.CNCC(O)COc1cccc(-c2nc(N)c(C)c(N3CCN(C(C)=O)[C@@H](C)C3)n2)c1. The average Bonchev–Trinajstić information content (AvgIpc) is 4.24. The van der Waals surface area contributed by atoms with Crippen LogP contribution in [0.5, 0.6) is 11.5 Å². The third kappa shape index (κ3) is 18.6. The molecule has 0 aliphatic carbocycles. The van der Waals surface area contributed by atoms with Crippen LogP contribution >= 0.6 is 0 Å². The van der Waals surface area contributed by atoms with Gasteiger partial charge in [0.25, 0.3) is 0 Å². The largest absolute Gasteiger partial charge is 0.491 e. The third-order valence-corrected chi connectivity index (χ3v) is 12.3. The van der Waals surface area contributed by atoms with Crippen LogP contribution in [0.25, 0.3) is 22.8 Å². The maximum atomic E-state index is 11.8. The van der Waals surface area contributed by atoms with Gasteiger partial charge in [-0.15, -0.1) is 0 Å². The quantitative estimate of drug-likeness (QED) is 0.0837. The molecule has 19 nitrogen and oxygen atoms in total. The minimum Gasteiger partial charge on any atom is -0.491 e. The first-order valence-electron chi connectivity index (χ1n) is 25.7. The number of piperazine rings is 1. The predicted molar refractivity (Wildman–Crippen MR) is 287 cm³/mol. The summed E-state index contributed by atoms with van der Waals surface area (Å²) in [6, 6.07) is 15.4. The standard InChI is InChI=1S/C22H32N6O3.C21H31N5O3.2C4H8O.C2H6/c1-14-12-27(8-9-28(14)16(3)29)22-15(2)20(23)25-21(26-22)17-6-5-7-19(10-17)31-13-18(30)11-24-4;1-14-19(22)24-20(25-21(14)26-9-5-7-16(26)12-28-3)15-6-4-8-18(10-15)29-13-17(27)11-23-2;2*1-2-4-5-3-1;1-2/h5-7,10,14,18,24,30H,8-9,11-13H2,1-4H3,(H2,23,25,26);4,6,8,10,16-17,23,27H,5,7,9,11-13H2,1-3H3,(H2,22,24,25);2*1-4H2;1-2H3/t14-,18?;;;;/m0..../s1. The zero-order valence-electron chi connectivity index (χ0n) is 44.5. The number of nitrogens with two attached hydrogens (primary N) is 2. The van der Waals surface area contributed by atoms with Crippen LogP contribution in [0.3, 0.4) is 0 Å². The molecule has 6 heterocycles. The smallest absolute Gasteiger partial charge is 0.219 e. The van der Waals surface area contributed by atoms with Gasteiger partial charge in [0.05, 0.1) is 12.6 Å². The molecule has 1 amide bonds. The number of ether oxygens (including phenoxy) is 5. The Hall–Kier alpha value is -5.41. The van der Waals surface area contributed by atoms with Gasteiger partial charge in [-0.1, -0.05) is 38.1 Å². The van der Waals surface area contributed by atoms with Gasteiger partial charge in [0.2, 0.25) is 5.91 Å². The van der Waals surface area contributed by atoms with Crippen LogP contribution in [0.4, 0.5) is 23.3 Å². The lowest BCUT2D eigenvalue weighted by Crippen LogP contribution is -2.53. The lowest BCUT2D eigenvalue weighted by molar-refractivity contribution is -0.131. The van der Waals surface area contributed by atoms with Gasteiger partial charge in [0.15, 0.2) is 11.6 Å². The summed E-state index contributed by atoms with van der Waals surface area (Å²) in [5, 5.41) is 25.5. The number of hydrogen-bond acceptors (Lipinski definition) is 18. The molecule has 0 saturated carbocycles. The maximum absolute atomic E-state index is 11.8. The number of carbonyl (C=O) groups is 1. The highest BCUT2D eigenvalue weighted by molar-refractivity contribution is 5.74. The number of likely N-dealkylation sites (N-methyl/N-ethyl adjacent to an activating group) is 2. The fraction of sp³-hybridized carbons (Fsp3) is 0.604. The van der Waals surface area contributed by atoms with Crippen molar-refractivity contribution < 1.29 is 38.7 Å². The van der Waals surface area contributed by atoms with Crippen LogP contribution in [-0.2, 0) is 19.0 Å². The molecule has 3 unspecified atom stereocenters. The Labute approximate surface area is 428 Å². The number of nitrogens with zero attached hydrogens (tertiary/aromatic N) is 7. The van der Waals surface area contributed by atoms with E-state index < -0.39 is 12.2 Å². The van der Waals surface area contributed by atoms with E-state index in [1.54, 1.807) is 28.1 Å². The number of aromatic nitrogens is 4. The molecule has 8 N–H and O–H groups in total. The fourth-order valence-electron chi connectivity index (χ4n) is 8.43. The normalized spacial score (nSPS) is 18.0. The van der Waals surface area contributed by atoms with Crippen molar-refractivity contribution in [1.29, 1.82) is 0 Å². The van der Waals surface area contributed by atoms with E-state index in [1.807, 2.05) is 88.0 Å². The zero-order chi connectivity index (χ0) is 52.4. The molecule has 0 radical (unpaired) electrons. The molecule has 4 aromatic rings. The summed E-state index contributed by atoms with van der Waals surface area (Å²) in [4.78, 5) is 36.8. The van der Waals surface area contributed by atoms with E-state index in [4.69, 9.17) is 45.1 Å². The summed E-state index contributed by atoms with van der Waals surface area (Å²) >= 11 is 0. The molecule has 400 valence electrons. The van der Waals surface area contributed by atoms with Gasteiger partial charge < -0.3 is 70.7 Å². The van der Waals surface area contributed by atoms with Crippen LogP contribution in [0.1, 0.15) is 77.3 Å². The Morgan fingerprint density at radius 3 is 1.67 bits per heavy atom. The van der Waals surface area contributed by atoms with E-state index in [0.29, 0.717) is 80.2 Å². The van der Waals surface area contributed by atoms with Crippen molar-refractivity contribution in [2.24, 2.45) is 0 Å². The zero-order valence-corrected chi connectivity index (χ0v) is 44.5. The Morgan fingerprint density at radius 1 is 0.750 bits per heavy atom. The number of hydrogen-bond donors (Lipinski definition) is 6. The highest BCUT2D eigenvalue weighted by Gasteiger charge is 2.29. The van der Waals surface area contributed by atoms with Gasteiger partial charge in [0.1, 0.15) is 60.2 Å². The molecule has 4 atom stereocenters. The van der Waals surface area contributed by atoms with Crippen LogP contribution in [0.2, 0.25) is 0 Å². The van der Waals surface area contributed by atoms with Crippen LogP contribution in [0, 0.1) is 13.8 Å². The summed E-state index contributed by atoms with van der Waals surface area (Å²) in [5.41, 5.74) is 15.8. The first kappa shape index (κ1) is 59.2. The molecule has 0 spiro atoms. The minimum absolute atomic E-state index is 0.0865. The monoisotopic (exact) mass is 1000 g/mol. The maximum Gasteiger partial charge on any atom is 0.219 e. The molecular weight excluding hydrogens is 919 g/mol. The van der Waals surface area contributed by atoms with E-state index in [0.717, 1.165) is 79.7 Å². The Kier molecular flexibility index (Phi) is 26.2. The third-order valence-electron chi connectivity index (χ3n) is 12.3. The van der Waals surface area contributed by atoms with Crippen molar-refractivity contribution in [2.75, 3.05) is 128 Å². The second-order valence-electron chi connectivity index (χ2n) is 18.0. The second-order valence-corrected chi connectivity index (χ2v) is 18.0. The summed E-state index contributed by atoms with van der Waals surface area (Å²) in [6.07, 6.45) is 6.12. The van der Waals surface area contributed by atoms with E-state index >= 15 is 0 Å². The number of nitrogen functional groups attached to an aromatic ring is 2. The summed E-state index contributed by atoms with van der Waals surface area (Å²) in [5.74, 6) is 5.00. The highest BCUT2D eigenvalue weighted by Crippen LogP contribution is 2.33. The molecule has 4 aliphatic heterocycles. The number of aliphatic hydroxyl groups is 2. The minimum atomic E-state index is -0.595. The number of rotatable bonds is 16. The Balaban J connectivity index is 0.000000253. The van der Waals surface area contributed by atoms with Crippen molar-refractivity contribution in [3.8, 4) is 34.3 Å². The number of aliphatic hydroxyl groups excluding tert-OH is 2. The summed E-state index contributed by atoms with van der Waals surface area (Å²) in [6.45, 7) is 20.4. The number of methoxy groups -OCH3 is 1. The van der Waals surface area contributed by atoms with Crippen LogP contribution in [0.15, 0.2) is 48.5 Å². The fourth-order valence-corrected chi connectivity index (χ4v) is 8.43. The first-order valence-corrected chi connectivity index (χ1v) is 25.7. The predicted octanol–water partition coefficient (Wildman–Crippen LogP) is 5.28. The molecule has 4 saturated heterocycles. The van der Waals surface area contributed by atoms with Crippen LogP contribution in [-0.4, -0.2) is 172 Å². The van der Waals surface area contributed by atoms with Crippen LogP contribution < -0.4 is 41.4 Å². The van der Waals surface area contributed by atoms with Gasteiger partial charge in [-0.05, 0) is 97.7 Å². The number of nitrogens with one attached hydrogen (secondary N) is 2. The summed E-state index contributed by atoms with van der Waals surface area (Å²) in [7, 11) is 5.29. The number of benzene rings is 2. The molecule has 2 aromatic carbocycles. The number of carbonyl (C=O) groups excluding carboxylic acids is 1. The van der Waals surface area contributed by atoms with E-state index in [-0.39, 0.29) is 25.2 Å². The number of amides is 1. The molecule has 4 fully saturated rings. The van der Waals surface area contributed by atoms with Gasteiger partial charge in [0, 0.05) is 108 Å². The lowest BCUT2D eigenvalue weighted by atomic mass is 10.1. The second kappa shape index (κ2) is 31.9. The molecule has 72 heavy (non-hydrogen) atoms. The molecule has 2 aromatic heterocycles. The van der Waals surface area contributed by atoms with Crippen molar-refractivity contribution in [2.45, 2.75) is 104 Å². The van der Waals surface area contributed by atoms with Crippen molar-refractivity contribution >= 4 is 29.2 Å². The topological polar surface area (TPSA) is 241 Å². The lowest BCUT2D eigenvalue weighted by Gasteiger charge is -2.40. The highest BCUT2D eigenvalue weighted by atomic mass is 16.5. The van der Waals surface area contributed by atoms with E-state index in [1.165, 1.54) is 25.7 Å². The van der Waals surface area contributed by atoms with Crippen molar-refractivity contribution in [1.82, 2.24) is 35.5 Å². The molecule has 0 bridgehead atoms. The van der Waals surface area contributed by atoms with E-state index in [2.05, 4.69) is 30.4 Å². The molecule has 4 aliphatic rings. The van der Waals surface area contributed by atoms with Crippen molar-refractivity contribution in [3.63, 3.8) is 0 Å². The summed E-state index contributed by atoms with van der Waals surface area (Å²) < 4.78 is 26.7. The number of anilines is 4. The van der Waals surface area contributed by atoms with Gasteiger partial charge in [-0.2, -0.15) is 0 Å². The van der Waals surface area contributed by atoms with Gasteiger partial charge in [-0.3, -0.25) is 4.79 Å². The van der Waals surface area contributed by atoms with Gasteiger partial charge in [-0.25, -0.2) is 19.9 Å². The Bertz CT molecular complexity index is 2170. The first-order chi connectivity index (χ1) is 34.8. The van der Waals surface area contributed by atoms with E-state index in [9.17, 15) is 15.0 Å².